The third-order valence-electron chi connectivity index (χ3n) is 2.89. The Morgan fingerprint density at radius 3 is 2.53 bits per heavy atom. The number of hydrogen-bond donors (Lipinski definition) is 0. The largest absolute Gasteiger partial charge is 0.393 e. The van der Waals surface area contributed by atoms with Crippen LogP contribution >= 0.6 is 11.6 Å². The van der Waals surface area contributed by atoms with Gasteiger partial charge in [-0.1, -0.05) is 0 Å². The van der Waals surface area contributed by atoms with Gasteiger partial charge in [0.25, 0.3) is 0 Å². The molecule has 0 radical (unpaired) electrons. The number of ether oxygens (including phenoxy) is 1. The summed E-state index contributed by atoms with van der Waals surface area (Å²) >= 11 is 5.59. The highest BCUT2D eigenvalue weighted by atomic mass is 35.5. The highest BCUT2D eigenvalue weighted by Gasteiger charge is 2.50. The quantitative estimate of drug-likeness (QED) is 0.735. The number of nitrogens with zero attached hydrogens (tertiary/aromatic N) is 1. The minimum absolute atomic E-state index is 0.00930. The van der Waals surface area contributed by atoms with Gasteiger partial charge >= 0.3 is 6.18 Å². The number of alkyl halides is 4. The molecular formula is C10H15ClF3NO2. The fourth-order valence-corrected chi connectivity index (χ4v) is 2.19. The molecule has 1 saturated heterocycles. The lowest BCUT2D eigenvalue weighted by molar-refractivity contribution is -0.183. The molecule has 7 heteroatoms. The van der Waals surface area contributed by atoms with Crippen molar-refractivity contribution in [3.63, 3.8) is 0 Å². The lowest BCUT2D eigenvalue weighted by Crippen LogP contribution is -2.35. The van der Waals surface area contributed by atoms with E-state index < -0.39 is 29.3 Å². The van der Waals surface area contributed by atoms with E-state index in [2.05, 4.69) is 0 Å². The first-order valence-electron chi connectivity index (χ1n) is 5.26. The third-order valence-corrected chi connectivity index (χ3v) is 3.08. The van der Waals surface area contributed by atoms with Gasteiger partial charge in [-0.15, -0.1) is 11.6 Å². The number of carbonyl (C=O) groups excluding carboxylic acids is 1. The smallest absolute Gasteiger partial charge is 0.384 e. The summed E-state index contributed by atoms with van der Waals surface area (Å²) < 4.78 is 43.0. The van der Waals surface area contributed by atoms with Gasteiger partial charge in [-0.3, -0.25) is 4.79 Å². The van der Waals surface area contributed by atoms with Gasteiger partial charge in [0.05, 0.1) is 12.5 Å². The number of halogens is 4. The van der Waals surface area contributed by atoms with Crippen molar-refractivity contribution in [1.29, 1.82) is 0 Å². The van der Waals surface area contributed by atoms with Gasteiger partial charge in [-0.25, -0.2) is 0 Å². The normalized spacial score (nSPS) is 27.3. The number of rotatable bonds is 3. The summed E-state index contributed by atoms with van der Waals surface area (Å²) in [5.74, 6) is -2.69. The molecule has 1 heterocycles. The van der Waals surface area contributed by atoms with E-state index in [0.717, 1.165) is 0 Å². The zero-order chi connectivity index (χ0) is 13.2. The van der Waals surface area contributed by atoms with Crippen LogP contribution in [0.2, 0.25) is 0 Å². The number of carbonyl (C=O) groups is 1. The van der Waals surface area contributed by atoms with Crippen LogP contribution in [0.5, 0.6) is 0 Å². The molecule has 0 aliphatic carbocycles. The van der Waals surface area contributed by atoms with Crippen LogP contribution < -0.4 is 0 Å². The van der Waals surface area contributed by atoms with Crippen molar-refractivity contribution in [2.45, 2.75) is 18.5 Å². The van der Waals surface area contributed by atoms with Crippen LogP contribution in [0.1, 0.15) is 6.92 Å². The molecule has 1 aliphatic rings. The van der Waals surface area contributed by atoms with Crippen LogP contribution in [0, 0.1) is 11.8 Å². The molecule has 100 valence electrons. The molecule has 3 atom stereocenters. The van der Waals surface area contributed by atoms with Crippen molar-refractivity contribution in [2.24, 2.45) is 11.8 Å². The van der Waals surface area contributed by atoms with Crippen molar-refractivity contribution >= 4 is 17.5 Å². The second-order valence-electron chi connectivity index (χ2n) is 4.22. The Balaban J connectivity index is 2.75. The van der Waals surface area contributed by atoms with E-state index in [9.17, 15) is 18.0 Å². The van der Waals surface area contributed by atoms with E-state index in [4.69, 9.17) is 16.3 Å². The monoisotopic (exact) mass is 273 g/mol. The van der Waals surface area contributed by atoms with E-state index >= 15 is 0 Å². The van der Waals surface area contributed by atoms with Crippen LogP contribution in [0.4, 0.5) is 13.2 Å². The van der Waals surface area contributed by atoms with Gasteiger partial charge in [0, 0.05) is 26.1 Å². The second-order valence-corrected chi connectivity index (χ2v) is 4.88. The zero-order valence-corrected chi connectivity index (χ0v) is 10.4. The van der Waals surface area contributed by atoms with Crippen molar-refractivity contribution < 1.29 is 22.7 Å². The molecule has 3 unspecified atom stereocenters. The first kappa shape index (κ1) is 14.6. The number of methoxy groups -OCH3 is 1. The maximum atomic E-state index is 12.7. The van der Waals surface area contributed by atoms with E-state index in [1.165, 1.54) is 18.9 Å². The molecule has 0 spiro atoms. The van der Waals surface area contributed by atoms with E-state index in [-0.39, 0.29) is 19.7 Å². The van der Waals surface area contributed by atoms with E-state index in [1.807, 2.05) is 0 Å². The third kappa shape index (κ3) is 3.48. The Morgan fingerprint density at radius 2 is 2.12 bits per heavy atom. The lowest BCUT2D eigenvalue weighted by atomic mass is 9.96. The molecule has 0 N–H and O–H groups in total. The van der Waals surface area contributed by atoms with Gasteiger partial charge in [0.15, 0.2) is 0 Å². The predicted molar refractivity (Wildman–Crippen MR) is 56.8 cm³/mol. The molecule has 0 saturated carbocycles. The fraction of sp³-hybridized carbons (Fsp3) is 0.900. The zero-order valence-electron chi connectivity index (χ0n) is 9.63. The average molecular weight is 274 g/mol. The van der Waals surface area contributed by atoms with Gasteiger partial charge in [-0.2, -0.15) is 13.2 Å². The number of hydrogen-bond acceptors (Lipinski definition) is 2. The average Bonchev–Trinajstić information content (AvgIpc) is 2.60. The molecule has 1 fully saturated rings. The molecule has 1 amide bonds. The van der Waals surface area contributed by atoms with Crippen LogP contribution in [-0.4, -0.2) is 49.2 Å². The maximum Gasteiger partial charge on any atom is 0.393 e. The van der Waals surface area contributed by atoms with Crippen molar-refractivity contribution in [1.82, 2.24) is 4.90 Å². The summed E-state index contributed by atoms with van der Waals surface area (Å²) in [6.07, 6.45) is -4.31. The van der Waals surface area contributed by atoms with Gasteiger partial charge in [0.1, 0.15) is 5.38 Å². The fourth-order valence-electron chi connectivity index (χ4n) is 2.06. The lowest BCUT2D eigenvalue weighted by Gasteiger charge is -2.20. The summed E-state index contributed by atoms with van der Waals surface area (Å²) in [6.45, 7) is 1.17. The Labute approximate surface area is 103 Å². The van der Waals surface area contributed by atoms with Crippen LogP contribution in [0.15, 0.2) is 0 Å². The topological polar surface area (TPSA) is 29.5 Å². The Hall–Kier alpha value is -0.490. The van der Waals surface area contributed by atoms with Crippen LogP contribution in [-0.2, 0) is 9.53 Å². The molecule has 3 nitrogen and oxygen atoms in total. The summed E-state index contributed by atoms with van der Waals surface area (Å²) in [7, 11) is 1.35. The molecule has 17 heavy (non-hydrogen) atoms. The van der Waals surface area contributed by atoms with Crippen molar-refractivity contribution in [3.8, 4) is 0 Å². The highest BCUT2D eigenvalue weighted by molar-refractivity contribution is 6.30. The van der Waals surface area contributed by atoms with Gasteiger partial charge in [0.2, 0.25) is 5.91 Å². The van der Waals surface area contributed by atoms with Gasteiger partial charge in [-0.05, 0) is 6.92 Å². The molecule has 1 rings (SSSR count). The second kappa shape index (κ2) is 5.44. The molecule has 0 bridgehead atoms. The van der Waals surface area contributed by atoms with E-state index in [1.54, 1.807) is 0 Å². The standard InChI is InChI=1S/C10H15ClF3NO2/c1-6(11)9(16)15-3-7(5-17-2)8(4-15)10(12,13)14/h6-8H,3-5H2,1-2H3. The molecule has 0 aromatic rings. The van der Waals surface area contributed by atoms with Gasteiger partial charge < -0.3 is 9.64 Å². The molecule has 1 aliphatic heterocycles. The highest BCUT2D eigenvalue weighted by Crippen LogP contribution is 2.37. The SMILES string of the molecule is COCC1CN(C(=O)C(C)Cl)CC1C(F)(F)F. The molecule has 0 aromatic carbocycles. The van der Waals surface area contributed by atoms with Crippen molar-refractivity contribution in [2.75, 3.05) is 26.8 Å². The minimum Gasteiger partial charge on any atom is -0.384 e. The predicted octanol–water partition coefficient (Wildman–Crippen LogP) is 1.90. The van der Waals surface area contributed by atoms with Crippen molar-refractivity contribution in [3.05, 3.63) is 0 Å². The summed E-state index contributed by atoms with van der Waals surface area (Å²) in [4.78, 5) is 12.7. The first-order valence-corrected chi connectivity index (χ1v) is 5.69. The van der Waals surface area contributed by atoms with E-state index in [0.29, 0.717) is 0 Å². The first-order chi connectivity index (χ1) is 7.77. The summed E-state index contributed by atoms with van der Waals surface area (Å²) in [6, 6.07) is 0. The number of likely N-dealkylation sites (tertiary alicyclic amines) is 1. The van der Waals surface area contributed by atoms with Crippen LogP contribution in [0.3, 0.4) is 0 Å². The molecule has 0 aromatic heterocycles. The minimum atomic E-state index is -4.31. The summed E-state index contributed by atoms with van der Waals surface area (Å²) in [5.41, 5.74) is 0. The van der Waals surface area contributed by atoms with Crippen LogP contribution in [0.25, 0.3) is 0 Å². The molecular weight excluding hydrogens is 259 g/mol. The Bertz CT molecular complexity index is 283. The maximum absolute atomic E-state index is 12.7. The summed E-state index contributed by atoms with van der Waals surface area (Å²) in [5, 5.41) is -0.801. The number of amides is 1. The Kier molecular flexibility index (Phi) is 4.66. The Morgan fingerprint density at radius 1 is 1.53 bits per heavy atom.